The van der Waals surface area contributed by atoms with E-state index >= 15 is 0 Å². The van der Waals surface area contributed by atoms with Crippen molar-refractivity contribution >= 4 is 5.96 Å². The van der Waals surface area contributed by atoms with Gasteiger partial charge in [0, 0.05) is 71.6 Å². The van der Waals surface area contributed by atoms with Crippen LogP contribution in [0, 0.1) is 0 Å². The maximum atomic E-state index is 5.71. The quantitative estimate of drug-likeness (QED) is 0.606. The van der Waals surface area contributed by atoms with Gasteiger partial charge in [-0.05, 0) is 12.1 Å². The molecule has 22 heavy (non-hydrogen) atoms. The molecule has 0 unspecified atom stereocenters. The Bertz CT molecular complexity index is 458. The Balaban J connectivity index is 1.75. The van der Waals surface area contributed by atoms with E-state index in [1.165, 1.54) is 0 Å². The summed E-state index contributed by atoms with van der Waals surface area (Å²) in [4.78, 5) is 8.57. The van der Waals surface area contributed by atoms with Gasteiger partial charge < -0.3 is 20.1 Å². The van der Waals surface area contributed by atoms with Gasteiger partial charge in [0.2, 0.25) is 0 Å². The van der Waals surface area contributed by atoms with Crippen LogP contribution in [0.4, 0.5) is 0 Å². The van der Waals surface area contributed by atoms with E-state index in [2.05, 4.69) is 20.6 Å². The Kier molecular flexibility index (Phi) is 6.61. The second-order valence-electron chi connectivity index (χ2n) is 5.42. The van der Waals surface area contributed by atoms with Crippen molar-refractivity contribution in [2.45, 2.75) is 24.9 Å². The number of nitrogens with one attached hydrogen (secondary N) is 2. The highest BCUT2D eigenvalue weighted by Gasteiger charge is 2.32. The van der Waals surface area contributed by atoms with Crippen LogP contribution in [0.25, 0.3) is 0 Å². The van der Waals surface area contributed by atoms with Gasteiger partial charge in [-0.1, -0.05) is 6.07 Å². The average molecular weight is 306 g/mol. The maximum Gasteiger partial charge on any atom is 0.191 e. The Hall–Kier alpha value is -1.66. The summed E-state index contributed by atoms with van der Waals surface area (Å²) < 4.78 is 11.1. The number of hydrogen-bond donors (Lipinski definition) is 2. The molecular formula is C16H26N4O2. The van der Waals surface area contributed by atoms with Crippen LogP contribution < -0.4 is 10.6 Å². The number of rotatable bonds is 6. The molecule has 0 aromatic carbocycles. The topological polar surface area (TPSA) is 67.8 Å². The molecule has 122 valence electrons. The van der Waals surface area contributed by atoms with Crippen LogP contribution in [0.5, 0.6) is 0 Å². The van der Waals surface area contributed by atoms with Crippen molar-refractivity contribution in [3.8, 4) is 0 Å². The van der Waals surface area contributed by atoms with Gasteiger partial charge in [-0.3, -0.25) is 9.98 Å². The van der Waals surface area contributed by atoms with E-state index in [0.717, 1.165) is 57.2 Å². The predicted molar refractivity (Wildman–Crippen MR) is 87.1 cm³/mol. The van der Waals surface area contributed by atoms with E-state index in [9.17, 15) is 0 Å². The van der Waals surface area contributed by atoms with E-state index in [4.69, 9.17) is 9.47 Å². The molecule has 0 spiro atoms. The van der Waals surface area contributed by atoms with E-state index in [-0.39, 0.29) is 5.60 Å². The molecule has 0 aliphatic carbocycles. The highest BCUT2D eigenvalue weighted by atomic mass is 16.5. The van der Waals surface area contributed by atoms with Crippen LogP contribution in [0.3, 0.4) is 0 Å². The first-order valence-corrected chi connectivity index (χ1v) is 7.75. The number of pyridine rings is 1. The standard InChI is InChI=1S/C16H26N4O2/c1-17-15(19-10-6-14-5-3-4-9-18-14)20-13-16(21-2)7-11-22-12-8-16/h3-5,9H,6-8,10-13H2,1-2H3,(H2,17,19,20). The third-order valence-electron chi connectivity index (χ3n) is 4.04. The zero-order chi connectivity index (χ0) is 15.7. The largest absolute Gasteiger partial charge is 0.381 e. The van der Waals surface area contributed by atoms with Crippen molar-refractivity contribution in [3.63, 3.8) is 0 Å². The minimum Gasteiger partial charge on any atom is -0.381 e. The number of guanidine groups is 1. The molecule has 1 aromatic rings. The van der Waals surface area contributed by atoms with Crippen molar-refractivity contribution in [3.05, 3.63) is 30.1 Å². The molecule has 0 amide bonds. The lowest BCUT2D eigenvalue weighted by molar-refractivity contribution is -0.0855. The average Bonchev–Trinajstić information content (AvgIpc) is 2.59. The molecule has 0 radical (unpaired) electrons. The number of aromatic nitrogens is 1. The number of hydrogen-bond acceptors (Lipinski definition) is 4. The summed E-state index contributed by atoms with van der Waals surface area (Å²) in [6, 6.07) is 5.96. The van der Waals surface area contributed by atoms with Gasteiger partial charge >= 0.3 is 0 Å². The zero-order valence-electron chi connectivity index (χ0n) is 13.5. The van der Waals surface area contributed by atoms with Crippen LogP contribution in [0.2, 0.25) is 0 Å². The molecule has 2 heterocycles. The van der Waals surface area contributed by atoms with Gasteiger partial charge in [0.15, 0.2) is 5.96 Å². The van der Waals surface area contributed by atoms with Crippen molar-refractivity contribution < 1.29 is 9.47 Å². The van der Waals surface area contributed by atoms with Crippen molar-refractivity contribution in [1.82, 2.24) is 15.6 Å². The highest BCUT2D eigenvalue weighted by molar-refractivity contribution is 5.79. The van der Waals surface area contributed by atoms with Crippen LogP contribution in [0.15, 0.2) is 29.4 Å². The highest BCUT2D eigenvalue weighted by Crippen LogP contribution is 2.23. The molecule has 2 rings (SSSR count). The van der Waals surface area contributed by atoms with E-state index in [1.54, 1.807) is 14.2 Å². The Morgan fingerprint density at radius 3 is 2.82 bits per heavy atom. The van der Waals surface area contributed by atoms with E-state index in [0.29, 0.717) is 0 Å². The van der Waals surface area contributed by atoms with E-state index < -0.39 is 0 Å². The van der Waals surface area contributed by atoms with Crippen LogP contribution in [-0.2, 0) is 15.9 Å². The van der Waals surface area contributed by atoms with Gasteiger partial charge in [-0.25, -0.2) is 0 Å². The summed E-state index contributed by atoms with van der Waals surface area (Å²) in [5, 5.41) is 6.67. The normalized spacial score (nSPS) is 18.0. The van der Waals surface area contributed by atoms with Gasteiger partial charge in [-0.2, -0.15) is 0 Å². The lowest BCUT2D eigenvalue weighted by Crippen LogP contribution is -2.51. The fourth-order valence-electron chi connectivity index (χ4n) is 2.52. The summed E-state index contributed by atoms with van der Waals surface area (Å²) in [5.74, 6) is 0.791. The Labute approximate surface area is 132 Å². The molecule has 0 bridgehead atoms. The van der Waals surface area contributed by atoms with Crippen molar-refractivity contribution in [2.24, 2.45) is 4.99 Å². The van der Waals surface area contributed by atoms with Crippen molar-refractivity contribution in [1.29, 1.82) is 0 Å². The van der Waals surface area contributed by atoms with Gasteiger partial charge in [0.25, 0.3) is 0 Å². The SMILES string of the molecule is CN=C(NCCc1ccccn1)NCC1(OC)CCOCC1. The number of ether oxygens (including phenoxy) is 2. The first-order valence-electron chi connectivity index (χ1n) is 7.75. The number of nitrogens with zero attached hydrogens (tertiary/aromatic N) is 2. The third kappa shape index (κ3) is 4.96. The fraction of sp³-hybridized carbons (Fsp3) is 0.625. The van der Waals surface area contributed by atoms with Crippen LogP contribution in [0.1, 0.15) is 18.5 Å². The summed E-state index contributed by atoms with van der Waals surface area (Å²) >= 11 is 0. The van der Waals surface area contributed by atoms with Gasteiger partial charge in [-0.15, -0.1) is 0 Å². The van der Waals surface area contributed by atoms with Gasteiger partial charge in [0.05, 0.1) is 5.60 Å². The Morgan fingerprint density at radius 1 is 1.36 bits per heavy atom. The minimum atomic E-state index is -0.156. The lowest BCUT2D eigenvalue weighted by atomic mass is 9.94. The second kappa shape index (κ2) is 8.70. The molecule has 0 atom stereocenters. The summed E-state index contributed by atoms with van der Waals surface area (Å²) in [6.07, 6.45) is 4.49. The smallest absolute Gasteiger partial charge is 0.191 e. The van der Waals surface area contributed by atoms with Gasteiger partial charge in [0.1, 0.15) is 0 Å². The summed E-state index contributed by atoms with van der Waals surface area (Å²) in [6.45, 7) is 3.03. The molecule has 6 nitrogen and oxygen atoms in total. The number of aliphatic imine (C=N–C) groups is 1. The second-order valence-corrected chi connectivity index (χ2v) is 5.42. The lowest BCUT2D eigenvalue weighted by Gasteiger charge is -2.36. The molecule has 0 saturated carbocycles. The maximum absolute atomic E-state index is 5.71. The molecule has 1 saturated heterocycles. The fourth-order valence-corrected chi connectivity index (χ4v) is 2.52. The first-order chi connectivity index (χ1) is 10.8. The van der Waals surface area contributed by atoms with Crippen LogP contribution >= 0.6 is 0 Å². The summed E-state index contributed by atoms with van der Waals surface area (Å²) in [5.41, 5.74) is 0.917. The first kappa shape index (κ1) is 16.7. The summed E-state index contributed by atoms with van der Waals surface area (Å²) in [7, 11) is 3.55. The van der Waals surface area contributed by atoms with Crippen LogP contribution in [-0.4, -0.2) is 57.0 Å². The molecular weight excluding hydrogens is 280 g/mol. The zero-order valence-corrected chi connectivity index (χ0v) is 13.5. The molecule has 6 heteroatoms. The molecule has 1 aromatic heterocycles. The minimum absolute atomic E-state index is 0.156. The molecule has 2 N–H and O–H groups in total. The predicted octanol–water partition coefficient (Wildman–Crippen LogP) is 0.985. The molecule has 1 fully saturated rings. The number of methoxy groups -OCH3 is 1. The van der Waals surface area contributed by atoms with E-state index in [1.807, 2.05) is 24.4 Å². The third-order valence-corrected chi connectivity index (χ3v) is 4.04. The van der Waals surface area contributed by atoms with Crippen molar-refractivity contribution in [2.75, 3.05) is 40.5 Å². The Morgan fingerprint density at radius 2 is 2.18 bits per heavy atom. The monoisotopic (exact) mass is 306 g/mol. The molecule has 1 aliphatic heterocycles. The molecule has 1 aliphatic rings.